The fourth-order valence-corrected chi connectivity index (χ4v) is 7.96. The summed E-state index contributed by atoms with van der Waals surface area (Å²) in [5, 5.41) is 0. The van der Waals surface area contributed by atoms with Gasteiger partial charge in [0.2, 0.25) is 0 Å². The summed E-state index contributed by atoms with van der Waals surface area (Å²) in [7, 11) is 0. The molecule has 4 saturated carbocycles. The Bertz CT molecular complexity index is 1120. The van der Waals surface area contributed by atoms with E-state index in [1.54, 1.807) is 18.3 Å². The largest absolute Gasteiger partial charge is 0.416 e. The summed E-state index contributed by atoms with van der Waals surface area (Å²) in [6.07, 6.45) is 1.59. The Balaban J connectivity index is 0.963. The van der Waals surface area contributed by atoms with Gasteiger partial charge in [0.25, 0.3) is 5.91 Å². The number of aromatic nitrogens is 1. The summed E-state index contributed by atoms with van der Waals surface area (Å²) in [4.78, 5) is 24.3. The molecule has 0 radical (unpaired) electrons. The van der Waals surface area contributed by atoms with Crippen LogP contribution in [0.25, 0.3) is 0 Å². The van der Waals surface area contributed by atoms with E-state index in [0.29, 0.717) is 30.5 Å². The number of likely N-dealkylation sites (tertiary alicyclic amines) is 1. The number of halogens is 3. The van der Waals surface area contributed by atoms with Gasteiger partial charge >= 0.3 is 6.18 Å². The summed E-state index contributed by atoms with van der Waals surface area (Å²) in [5.41, 5.74) is 0.840. The number of nitrogens with zero attached hydrogens (tertiary/aromatic N) is 4. The van der Waals surface area contributed by atoms with Crippen LogP contribution < -0.4 is 9.80 Å². The molecule has 2 bridgehead atoms. The summed E-state index contributed by atoms with van der Waals surface area (Å²) < 4.78 is 38.5. The highest BCUT2D eigenvalue weighted by Crippen LogP contribution is 2.67. The quantitative estimate of drug-likeness (QED) is 0.613. The normalized spacial score (nSPS) is 32.9. The van der Waals surface area contributed by atoms with Gasteiger partial charge in [-0.2, -0.15) is 13.2 Å². The third-order valence-corrected chi connectivity index (χ3v) is 9.78. The van der Waals surface area contributed by atoms with Crippen LogP contribution in [0.4, 0.5) is 24.7 Å². The van der Waals surface area contributed by atoms with Crippen LogP contribution >= 0.6 is 0 Å². The lowest BCUT2D eigenvalue weighted by molar-refractivity contribution is -0.137. The number of amides is 1. The van der Waals surface area contributed by atoms with Crippen LogP contribution in [0.15, 0.2) is 42.6 Å². The second-order valence-corrected chi connectivity index (χ2v) is 11.4. The molecule has 190 valence electrons. The molecule has 36 heavy (non-hydrogen) atoms. The Kier molecular flexibility index (Phi) is 5.06. The van der Waals surface area contributed by atoms with E-state index >= 15 is 0 Å². The minimum atomic E-state index is -4.32. The van der Waals surface area contributed by atoms with E-state index in [-0.39, 0.29) is 5.91 Å². The first-order valence-electron chi connectivity index (χ1n) is 13.3. The summed E-state index contributed by atoms with van der Waals surface area (Å²) in [6.45, 7) is 4.69. The van der Waals surface area contributed by atoms with Crippen molar-refractivity contribution in [1.82, 2.24) is 9.88 Å². The lowest BCUT2D eigenvalue weighted by Gasteiger charge is -2.44. The molecular formula is C28H31F3N4O. The standard InChI is InChI=1S/C28H31F3N4O/c29-28(30,31)18-2-4-19(5-3-18)33-9-11-34(12-10-33)26-8-1-17(14-32-26)27(36)35-15-24-20-6-7-21(25(24)16-35)23-13-22(20)23/h1-5,8,14,20-25H,6-7,9-13,15-16H2. The molecule has 8 heteroatoms. The maximum atomic E-state index is 13.3. The second-order valence-electron chi connectivity index (χ2n) is 11.4. The molecule has 3 heterocycles. The van der Waals surface area contributed by atoms with Gasteiger partial charge in [0, 0.05) is 51.2 Å². The molecule has 1 aromatic carbocycles. The van der Waals surface area contributed by atoms with Crippen LogP contribution in [-0.4, -0.2) is 55.1 Å². The number of anilines is 2. The smallest absolute Gasteiger partial charge is 0.368 e. The highest BCUT2D eigenvalue weighted by Gasteiger charge is 2.63. The molecule has 4 aliphatic carbocycles. The Labute approximate surface area is 209 Å². The van der Waals surface area contributed by atoms with Crippen LogP contribution in [0.5, 0.6) is 0 Å². The molecule has 2 aliphatic heterocycles. The molecule has 6 atom stereocenters. The maximum absolute atomic E-state index is 13.3. The third-order valence-electron chi connectivity index (χ3n) is 9.78. The fraction of sp³-hybridized carbons (Fsp3) is 0.571. The van der Waals surface area contributed by atoms with Crippen LogP contribution in [0.2, 0.25) is 0 Å². The van der Waals surface area contributed by atoms with Gasteiger partial charge in [0.05, 0.1) is 11.1 Å². The van der Waals surface area contributed by atoms with Gasteiger partial charge in [-0.1, -0.05) is 0 Å². The van der Waals surface area contributed by atoms with Crippen LogP contribution in [0.1, 0.15) is 35.2 Å². The van der Waals surface area contributed by atoms with E-state index in [9.17, 15) is 18.0 Å². The summed E-state index contributed by atoms with van der Waals surface area (Å²) in [5.74, 6) is 6.00. The topological polar surface area (TPSA) is 39.7 Å². The zero-order valence-corrected chi connectivity index (χ0v) is 20.2. The molecule has 8 rings (SSSR count). The lowest BCUT2D eigenvalue weighted by atomic mass is 9.60. The number of hydrogen-bond donors (Lipinski definition) is 0. The van der Waals surface area contributed by atoms with Crippen molar-refractivity contribution in [2.75, 3.05) is 49.1 Å². The average Bonchev–Trinajstić information content (AvgIpc) is 3.60. The molecule has 0 N–H and O–H groups in total. The molecule has 2 saturated heterocycles. The predicted molar refractivity (Wildman–Crippen MR) is 131 cm³/mol. The molecule has 0 spiro atoms. The third kappa shape index (κ3) is 3.67. The Morgan fingerprint density at radius 1 is 0.778 bits per heavy atom. The van der Waals surface area contributed by atoms with Gasteiger partial charge in [-0.3, -0.25) is 4.79 Å². The summed E-state index contributed by atoms with van der Waals surface area (Å²) in [6, 6.07) is 9.20. The first-order valence-corrected chi connectivity index (χ1v) is 13.3. The number of carbonyl (C=O) groups is 1. The number of piperazine rings is 1. The lowest BCUT2D eigenvalue weighted by Crippen LogP contribution is -2.46. The van der Waals surface area contributed by atoms with E-state index in [0.717, 1.165) is 73.5 Å². The van der Waals surface area contributed by atoms with Crippen molar-refractivity contribution in [2.45, 2.75) is 25.4 Å². The zero-order chi connectivity index (χ0) is 24.6. The summed E-state index contributed by atoms with van der Waals surface area (Å²) >= 11 is 0. The van der Waals surface area contributed by atoms with Gasteiger partial charge in [-0.05, 0) is 91.2 Å². The monoisotopic (exact) mass is 496 g/mol. The maximum Gasteiger partial charge on any atom is 0.416 e. The Hall–Kier alpha value is -2.77. The number of fused-ring (bicyclic) bond motifs is 1. The van der Waals surface area contributed by atoms with E-state index in [1.807, 2.05) is 12.1 Å². The van der Waals surface area contributed by atoms with Crippen LogP contribution in [0.3, 0.4) is 0 Å². The van der Waals surface area contributed by atoms with E-state index in [2.05, 4.69) is 19.7 Å². The average molecular weight is 497 g/mol. The molecule has 6 unspecified atom stereocenters. The van der Waals surface area contributed by atoms with Crippen molar-refractivity contribution in [2.24, 2.45) is 35.5 Å². The molecule has 6 fully saturated rings. The molecule has 2 aromatic rings. The Morgan fingerprint density at radius 2 is 1.39 bits per heavy atom. The minimum Gasteiger partial charge on any atom is -0.368 e. The SMILES string of the molecule is O=C(c1ccc(N2CCN(c3ccc(C(F)(F)F)cc3)CC2)nc1)N1CC2C3CCC(C4CC34)C2C1. The van der Waals surface area contributed by atoms with Crippen LogP contribution in [-0.2, 0) is 6.18 Å². The van der Waals surface area contributed by atoms with Crippen molar-refractivity contribution in [3.63, 3.8) is 0 Å². The van der Waals surface area contributed by atoms with Gasteiger partial charge in [-0.15, -0.1) is 0 Å². The van der Waals surface area contributed by atoms with Crippen molar-refractivity contribution in [3.8, 4) is 0 Å². The molecule has 6 aliphatic rings. The van der Waals surface area contributed by atoms with Crippen LogP contribution in [0, 0.1) is 35.5 Å². The first kappa shape index (κ1) is 22.4. The molecule has 1 aromatic heterocycles. The minimum absolute atomic E-state index is 0.114. The number of rotatable bonds is 3. The fourth-order valence-electron chi connectivity index (χ4n) is 7.96. The van der Waals surface area contributed by atoms with Gasteiger partial charge in [0.1, 0.15) is 5.82 Å². The van der Waals surface area contributed by atoms with E-state index < -0.39 is 11.7 Å². The zero-order valence-electron chi connectivity index (χ0n) is 20.2. The van der Waals surface area contributed by atoms with Crippen molar-refractivity contribution in [3.05, 3.63) is 53.7 Å². The van der Waals surface area contributed by atoms with Crippen molar-refractivity contribution >= 4 is 17.4 Å². The van der Waals surface area contributed by atoms with Gasteiger partial charge < -0.3 is 14.7 Å². The van der Waals surface area contributed by atoms with Gasteiger partial charge in [0.15, 0.2) is 0 Å². The van der Waals surface area contributed by atoms with Gasteiger partial charge in [-0.25, -0.2) is 4.98 Å². The number of hydrogen-bond acceptors (Lipinski definition) is 4. The first-order chi connectivity index (χ1) is 17.4. The van der Waals surface area contributed by atoms with Crippen molar-refractivity contribution in [1.29, 1.82) is 0 Å². The Morgan fingerprint density at radius 3 is 1.94 bits per heavy atom. The molecular weight excluding hydrogens is 465 g/mol. The van der Waals surface area contributed by atoms with E-state index in [4.69, 9.17) is 0 Å². The highest BCUT2D eigenvalue weighted by atomic mass is 19.4. The number of carbonyl (C=O) groups excluding carboxylic acids is 1. The highest BCUT2D eigenvalue weighted by molar-refractivity contribution is 5.94. The number of alkyl halides is 3. The van der Waals surface area contributed by atoms with Crippen molar-refractivity contribution < 1.29 is 18.0 Å². The molecule has 5 nitrogen and oxygen atoms in total. The van der Waals surface area contributed by atoms with E-state index in [1.165, 1.54) is 19.3 Å². The second kappa shape index (κ2) is 8.12. The number of pyridine rings is 1. The predicted octanol–water partition coefficient (Wildman–Crippen LogP) is 4.79. The number of benzene rings is 1. The molecule has 1 amide bonds.